The van der Waals surface area contributed by atoms with Crippen molar-refractivity contribution in [2.75, 3.05) is 39.3 Å². The maximum Gasteiger partial charge on any atom is 0.243 e. The van der Waals surface area contributed by atoms with Crippen LogP contribution >= 0.6 is 0 Å². The molecule has 1 aliphatic rings. The molecular formula is C39H51N9O9. The first kappa shape index (κ1) is 43.3. The number of hydrogen-bond acceptors (Lipinski definition) is 9. The van der Waals surface area contributed by atoms with Crippen molar-refractivity contribution in [1.29, 1.82) is 0 Å². The largest absolute Gasteiger partial charge is 0.508 e. The smallest absolute Gasteiger partial charge is 0.243 e. The quantitative estimate of drug-likeness (QED) is 0.0592. The number of nitrogens with one attached hydrogen (secondary N) is 8. The molecule has 18 heteroatoms. The fraction of sp³-hybridized carbons (Fsp3) is 0.436. The van der Waals surface area contributed by atoms with Crippen molar-refractivity contribution in [3.8, 4) is 5.75 Å². The molecule has 18 nitrogen and oxygen atoms in total. The van der Waals surface area contributed by atoms with E-state index in [1.807, 2.05) is 38.1 Å². The molecule has 3 aromatic rings. The molecule has 1 fully saturated rings. The molecule has 1 aliphatic heterocycles. The number of amides is 8. The van der Waals surface area contributed by atoms with Crippen molar-refractivity contribution >= 4 is 58.7 Å². The number of carbonyl (C=O) groups excluding carboxylic acids is 8. The maximum absolute atomic E-state index is 13.4. The lowest BCUT2D eigenvalue weighted by Gasteiger charge is -2.22. The molecule has 1 aromatic heterocycles. The van der Waals surface area contributed by atoms with Crippen molar-refractivity contribution < 1.29 is 43.5 Å². The van der Waals surface area contributed by atoms with Gasteiger partial charge in [-0.15, -0.1) is 0 Å². The summed E-state index contributed by atoms with van der Waals surface area (Å²) < 4.78 is 0. The number of rotatable bonds is 21. The predicted molar refractivity (Wildman–Crippen MR) is 208 cm³/mol. The second kappa shape index (κ2) is 21.6. The topological polar surface area (TPSA) is 260 Å². The van der Waals surface area contributed by atoms with Crippen LogP contribution in [0.25, 0.3) is 10.9 Å². The number of aromatic hydroxyl groups is 1. The summed E-state index contributed by atoms with van der Waals surface area (Å²) in [5.41, 5.74) is 2.10. The normalized spacial score (nSPS) is 13.8. The highest BCUT2D eigenvalue weighted by atomic mass is 16.3. The molecule has 57 heavy (non-hydrogen) atoms. The van der Waals surface area contributed by atoms with E-state index < -0.39 is 66.7 Å². The van der Waals surface area contributed by atoms with Gasteiger partial charge in [-0.2, -0.15) is 0 Å². The average Bonchev–Trinajstić information content (AvgIpc) is 3.88. The van der Waals surface area contributed by atoms with Gasteiger partial charge in [0.1, 0.15) is 23.9 Å². The minimum absolute atomic E-state index is 0.00913. The summed E-state index contributed by atoms with van der Waals surface area (Å²) in [6.45, 7) is 3.32. The van der Waals surface area contributed by atoms with Gasteiger partial charge in [-0.25, -0.2) is 0 Å². The van der Waals surface area contributed by atoms with Crippen molar-refractivity contribution in [2.45, 2.75) is 64.1 Å². The van der Waals surface area contributed by atoms with Crippen LogP contribution in [-0.2, 0) is 51.2 Å². The van der Waals surface area contributed by atoms with E-state index in [2.05, 4.69) is 42.2 Å². The third-order valence-electron chi connectivity index (χ3n) is 9.20. The lowest BCUT2D eigenvalue weighted by Crippen LogP contribution is -2.55. The number of aromatic nitrogens is 1. The van der Waals surface area contributed by atoms with Gasteiger partial charge in [-0.05, 0) is 54.5 Å². The Balaban J connectivity index is 1.37. The molecule has 1 saturated heterocycles. The van der Waals surface area contributed by atoms with Crippen molar-refractivity contribution in [2.24, 2.45) is 5.92 Å². The van der Waals surface area contributed by atoms with Gasteiger partial charge < -0.3 is 52.2 Å². The van der Waals surface area contributed by atoms with E-state index in [0.29, 0.717) is 25.1 Å². The Bertz CT molecular complexity index is 1890. The van der Waals surface area contributed by atoms with Crippen molar-refractivity contribution in [3.63, 3.8) is 0 Å². The Labute approximate surface area is 329 Å². The van der Waals surface area contributed by atoms with Crippen molar-refractivity contribution in [3.05, 3.63) is 65.9 Å². The number of benzene rings is 2. The van der Waals surface area contributed by atoms with Gasteiger partial charge in [0.15, 0.2) is 0 Å². The number of hydrogen-bond donors (Lipinski definition) is 9. The molecule has 4 rings (SSSR count). The van der Waals surface area contributed by atoms with Gasteiger partial charge in [-0.1, -0.05) is 44.2 Å². The van der Waals surface area contributed by atoms with Crippen LogP contribution in [0.5, 0.6) is 5.75 Å². The van der Waals surface area contributed by atoms with E-state index in [1.54, 1.807) is 23.2 Å². The summed E-state index contributed by atoms with van der Waals surface area (Å²) in [5, 5.41) is 28.2. The first-order valence-corrected chi connectivity index (χ1v) is 18.8. The van der Waals surface area contributed by atoms with Crippen LogP contribution in [0, 0.1) is 5.92 Å². The predicted octanol–water partition coefficient (Wildman–Crippen LogP) is -1.12. The molecule has 0 aliphatic carbocycles. The van der Waals surface area contributed by atoms with Crippen LogP contribution in [-0.4, -0.2) is 120 Å². The van der Waals surface area contributed by atoms with E-state index in [0.717, 1.165) is 29.3 Å². The number of likely N-dealkylation sites (tertiary alicyclic amines) is 1. The van der Waals surface area contributed by atoms with Crippen LogP contribution in [0.1, 0.15) is 44.2 Å². The van der Waals surface area contributed by atoms with Crippen LogP contribution in [0.3, 0.4) is 0 Å². The molecule has 2 heterocycles. The second-order valence-electron chi connectivity index (χ2n) is 14.2. The van der Waals surface area contributed by atoms with Gasteiger partial charge in [-0.3, -0.25) is 38.4 Å². The maximum atomic E-state index is 13.4. The zero-order chi connectivity index (χ0) is 41.3. The van der Waals surface area contributed by atoms with Gasteiger partial charge >= 0.3 is 0 Å². The first-order valence-electron chi connectivity index (χ1n) is 18.8. The molecule has 0 saturated carbocycles. The third kappa shape index (κ3) is 14.0. The van der Waals surface area contributed by atoms with Crippen LogP contribution in [0.2, 0.25) is 0 Å². The monoisotopic (exact) mass is 789 g/mol. The van der Waals surface area contributed by atoms with Gasteiger partial charge in [0.2, 0.25) is 47.8 Å². The fourth-order valence-corrected chi connectivity index (χ4v) is 6.33. The molecule has 9 N–H and O–H groups in total. The zero-order valence-corrected chi connectivity index (χ0v) is 32.0. The molecule has 0 spiro atoms. The molecular weight excluding hydrogens is 738 g/mol. The molecule has 8 amide bonds. The average molecular weight is 790 g/mol. The zero-order valence-electron chi connectivity index (χ0n) is 32.0. The number of nitrogens with zero attached hydrogens (tertiary/aromatic N) is 1. The minimum atomic E-state index is -1.24. The fourth-order valence-electron chi connectivity index (χ4n) is 6.33. The minimum Gasteiger partial charge on any atom is -0.508 e. The van der Waals surface area contributed by atoms with Crippen LogP contribution in [0.4, 0.5) is 0 Å². The van der Waals surface area contributed by atoms with E-state index in [-0.39, 0.29) is 49.9 Å². The molecule has 3 atom stereocenters. The molecule has 2 aromatic carbocycles. The number of phenolic OH excluding ortho intramolecular Hbond substituents is 1. The summed E-state index contributed by atoms with van der Waals surface area (Å²) in [5.74, 6) is -4.26. The second-order valence-corrected chi connectivity index (χ2v) is 14.2. The Morgan fingerprint density at radius 3 is 1.88 bits per heavy atom. The summed E-state index contributed by atoms with van der Waals surface area (Å²) in [6.07, 6.45) is 4.14. The van der Waals surface area contributed by atoms with E-state index in [1.165, 1.54) is 12.1 Å². The summed E-state index contributed by atoms with van der Waals surface area (Å²) >= 11 is 0. The highest BCUT2D eigenvalue weighted by Gasteiger charge is 2.27. The standard InChI is InChI=1S/C39H51N9O9/c1-24(2)15-30(37(55)44-22-36(54)48-13-5-6-14-48)45-34(52)20-42-38(56)31(16-25-9-11-27(50)12-10-25)46-35(53)21-43-39(57)32(47-33(51)19-40-23-49)17-26-18-41-29-8-4-3-7-28(26)29/h3-4,7-12,18,23-24,30-32,41,50H,5-6,13-17,19-22H2,1-2H3,(H,40,49)(H,42,56)(H,43,57)(H,44,55)(H,45,52)(H,46,53)(H,47,51). The Kier molecular flexibility index (Phi) is 16.4. The number of fused-ring (bicyclic) bond motifs is 1. The number of para-hydroxylation sites is 1. The molecule has 0 radical (unpaired) electrons. The third-order valence-corrected chi connectivity index (χ3v) is 9.20. The summed E-state index contributed by atoms with van der Waals surface area (Å²) in [7, 11) is 0. The van der Waals surface area contributed by atoms with Gasteiger partial charge in [0.25, 0.3) is 0 Å². The number of carbonyl (C=O) groups is 8. The van der Waals surface area contributed by atoms with Gasteiger partial charge in [0.05, 0.1) is 26.2 Å². The Morgan fingerprint density at radius 2 is 1.26 bits per heavy atom. The van der Waals surface area contributed by atoms with Crippen LogP contribution in [0.15, 0.2) is 54.7 Å². The summed E-state index contributed by atoms with van der Waals surface area (Å²) in [4.78, 5) is 106. The lowest BCUT2D eigenvalue weighted by molar-refractivity contribution is -0.134. The van der Waals surface area contributed by atoms with E-state index in [4.69, 9.17) is 0 Å². The summed E-state index contributed by atoms with van der Waals surface area (Å²) in [6, 6.07) is 9.94. The Hall–Kier alpha value is -6.46. The number of aromatic amines is 1. The highest BCUT2D eigenvalue weighted by molar-refractivity contribution is 5.95. The molecule has 3 unspecified atom stereocenters. The highest BCUT2D eigenvalue weighted by Crippen LogP contribution is 2.19. The number of H-pyrrole nitrogens is 1. The lowest BCUT2D eigenvalue weighted by atomic mass is 10.0. The van der Waals surface area contributed by atoms with Gasteiger partial charge in [0, 0.05) is 43.0 Å². The Morgan fingerprint density at radius 1 is 0.719 bits per heavy atom. The molecule has 0 bridgehead atoms. The van der Waals surface area contributed by atoms with Crippen LogP contribution < -0.4 is 37.2 Å². The molecule has 306 valence electrons. The first-order chi connectivity index (χ1) is 27.3. The van der Waals surface area contributed by atoms with E-state index >= 15 is 0 Å². The van der Waals surface area contributed by atoms with E-state index in [9.17, 15) is 43.5 Å². The number of phenols is 1. The van der Waals surface area contributed by atoms with Crippen molar-refractivity contribution in [1.82, 2.24) is 47.1 Å². The SMILES string of the molecule is CC(C)CC(NC(=O)CNC(=O)C(Cc1ccc(O)cc1)NC(=O)CNC(=O)C(Cc1c[nH]c2ccccc12)NC(=O)CNC=O)C(=O)NCC(=O)N1CCCC1.